The van der Waals surface area contributed by atoms with E-state index in [1.54, 1.807) is 0 Å². The number of halogens is 1. The normalized spacial score (nSPS) is 18.7. The zero-order chi connectivity index (χ0) is 11.7. The van der Waals surface area contributed by atoms with Crippen LogP contribution < -0.4 is 24.0 Å². The summed E-state index contributed by atoms with van der Waals surface area (Å²) in [4.78, 5) is 0. The van der Waals surface area contributed by atoms with Crippen molar-refractivity contribution in [2.24, 2.45) is 0 Å². The highest BCUT2D eigenvalue weighted by Crippen LogP contribution is 2.20. The minimum Gasteiger partial charge on any atom is -1.00 e. The van der Waals surface area contributed by atoms with E-state index >= 15 is 0 Å². The van der Waals surface area contributed by atoms with Crippen LogP contribution in [0.3, 0.4) is 0 Å². The van der Waals surface area contributed by atoms with Gasteiger partial charge in [0.25, 0.3) is 0 Å². The van der Waals surface area contributed by atoms with Crippen LogP contribution in [-0.2, 0) is 0 Å². The Morgan fingerprint density at radius 2 is 1.47 bits per heavy atom. The van der Waals surface area contributed by atoms with Gasteiger partial charge in [0.1, 0.15) is 0 Å². The molecule has 3 heteroatoms. The van der Waals surface area contributed by atoms with Crippen LogP contribution in [0, 0.1) is 0 Å². The summed E-state index contributed by atoms with van der Waals surface area (Å²) in [6, 6.07) is 0. The first-order valence-corrected chi connectivity index (χ1v) is 7.29. The molecular weight excluding hydrogens is 325 g/mol. The van der Waals surface area contributed by atoms with Crippen LogP contribution >= 0.6 is 0 Å². The molecule has 0 amide bonds. The lowest BCUT2D eigenvalue weighted by Crippen LogP contribution is -3.00. The summed E-state index contributed by atoms with van der Waals surface area (Å²) in [5.41, 5.74) is 0. The summed E-state index contributed by atoms with van der Waals surface area (Å²) in [7, 11) is 0. The van der Waals surface area contributed by atoms with E-state index < -0.39 is 0 Å². The van der Waals surface area contributed by atoms with Crippen molar-refractivity contribution in [2.45, 2.75) is 58.3 Å². The monoisotopic (exact) mass is 355 g/mol. The second kappa shape index (κ2) is 10.6. The zero-order valence-corrected chi connectivity index (χ0v) is 13.6. The summed E-state index contributed by atoms with van der Waals surface area (Å²) in [6.07, 6.45) is 10.6. The van der Waals surface area contributed by atoms with E-state index in [9.17, 15) is 0 Å². The lowest BCUT2D eigenvalue weighted by molar-refractivity contribution is -0.931. The maximum Gasteiger partial charge on any atom is 0.0786 e. The lowest BCUT2D eigenvalue weighted by atomic mass is 10.1. The lowest BCUT2D eigenvalue weighted by Gasteiger charge is -2.41. The van der Waals surface area contributed by atoms with E-state index in [0.717, 1.165) is 6.42 Å². The standard InChI is InChI=1S/C14H30NO.HI/c1-2-15(12-8-6-9-13-15)11-7-4-3-5-10-14-16;/h16H,2-14H2,1H3;1H/q+1;/p-1. The van der Waals surface area contributed by atoms with E-state index in [1.165, 1.54) is 75.6 Å². The molecular formula is C14H30INO. The molecule has 1 rings (SSSR count). The van der Waals surface area contributed by atoms with Crippen LogP contribution in [0.25, 0.3) is 0 Å². The van der Waals surface area contributed by atoms with Crippen molar-refractivity contribution in [3.05, 3.63) is 0 Å². The van der Waals surface area contributed by atoms with E-state index in [-0.39, 0.29) is 24.0 Å². The van der Waals surface area contributed by atoms with Gasteiger partial charge in [0.2, 0.25) is 0 Å². The maximum atomic E-state index is 8.70. The first-order valence-electron chi connectivity index (χ1n) is 7.29. The van der Waals surface area contributed by atoms with Gasteiger partial charge in [0, 0.05) is 6.61 Å². The summed E-state index contributed by atoms with van der Waals surface area (Å²) in [6.45, 7) is 8.30. The smallest absolute Gasteiger partial charge is 0.0786 e. The van der Waals surface area contributed by atoms with Gasteiger partial charge in [-0.2, -0.15) is 0 Å². The summed E-state index contributed by atoms with van der Waals surface area (Å²) >= 11 is 0. The van der Waals surface area contributed by atoms with Gasteiger partial charge < -0.3 is 33.6 Å². The Hall–Kier alpha value is 0.650. The quantitative estimate of drug-likeness (QED) is 0.368. The fourth-order valence-corrected chi connectivity index (χ4v) is 2.97. The molecule has 0 radical (unpaired) electrons. The highest BCUT2D eigenvalue weighted by Gasteiger charge is 2.26. The van der Waals surface area contributed by atoms with Crippen LogP contribution in [0.15, 0.2) is 0 Å². The second-order valence-corrected chi connectivity index (χ2v) is 5.38. The second-order valence-electron chi connectivity index (χ2n) is 5.38. The number of unbranched alkanes of at least 4 members (excludes halogenated alkanes) is 4. The molecule has 0 aromatic rings. The topological polar surface area (TPSA) is 20.2 Å². The van der Waals surface area contributed by atoms with E-state index in [4.69, 9.17) is 5.11 Å². The third kappa shape index (κ3) is 6.97. The number of aliphatic hydroxyl groups is 1. The number of nitrogens with zero attached hydrogens (tertiary/aromatic N) is 1. The molecule has 1 fully saturated rings. The van der Waals surface area contributed by atoms with Crippen molar-refractivity contribution >= 4 is 0 Å². The van der Waals surface area contributed by atoms with Crippen LogP contribution in [0.1, 0.15) is 58.3 Å². The Balaban J connectivity index is 0.00000256. The molecule has 1 aliphatic rings. The van der Waals surface area contributed by atoms with E-state index in [2.05, 4.69) is 6.92 Å². The van der Waals surface area contributed by atoms with Crippen LogP contribution in [-0.4, -0.2) is 42.4 Å². The minimum absolute atomic E-state index is 0. The molecule has 0 spiro atoms. The Kier molecular flexibility index (Phi) is 11.0. The number of rotatable bonds is 8. The van der Waals surface area contributed by atoms with Gasteiger partial charge in [-0.3, -0.25) is 0 Å². The van der Waals surface area contributed by atoms with Crippen molar-refractivity contribution in [1.29, 1.82) is 0 Å². The van der Waals surface area contributed by atoms with Gasteiger partial charge in [0.05, 0.1) is 26.2 Å². The molecule has 0 aromatic heterocycles. The van der Waals surface area contributed by atoms with Gasteiger partial charge in [0.15, 0.2) is 0 Å². The third-order valence-electron chi connectivity index (χ3n) is 4.23. The molecule has 1 N–H and O–H groups in total. The average Bonchev–Trinajstić information content (AvgIpc) is 2.35. The predicted octanol–water partition coefficient (Wildman–Crippen LogP) is -0.0462. The molecule has 0 atom stereocenters. The zero-order valence-electron chi connectivity index (χ0n) is 11.5. The third-order valence-corrected chi connectivity index (χ3v) is 4.23. The Morgan fingerprint density at radius 1 is 0.882 bits per heavy atom. The molecule has 0 saturated carbocycles. The van der Waals surface area contributed by atoms with Gasteiger partial charge >= 0.3 is 0 Å². The molecule has 0 unspecified atom stereocenters. The number of quaternary nitrogens is 1. The van der Waals surface area contributed by atoms with Crippen molar-refractivity contribution in [3.8, 4) is 0 Å². The number of aliphatic hydroxyl groups excluding tert-OH is 1. The Bertz CT molecular complexity index is 170. The van der Waals surface area contributed by atoms with Crippen LogP contribution in [0.2, 0.25) is 0 Å². The average molecular weight is 355 g/mol. The van der Waals surface area contributed by atoms with Crippen LogP contribution in [0.4, 0.5) is 0 Å². The van der Waals surface area contributed by atoms with Crippen molar-refractivity contribution in [1.82, 2.24) is 0 Å². The van der Waals surface area contributed by atoms with Crippen molar-refractivity contribution in [3.63, 3.8) is 0 Å². The van der Waals surface area contributed by atoms with E-state index in [1.807, 2.05) is 0 Å². The first-order chi connectivity index (χ1) is 7.83. The van der Waals surface area contributed by atoms with Crippen LogP contribution in [0.5, 0.6) is 0 Å². The molecule has 0 aromatic carbocycles. The fraction of sp³-hybridized carbons (Fsp3) is 1.00. The molecule has 0 bridgehead atoms. The maximum absolute atomic E-state index is 8.70. The molecule has 1 aliphatic heterocycles. The number of hydrogen-bond donors (Lipinski definition) is 1. The van der Waals surface area contributed by atoms with Crippen molar-refractivity contribution < 1.29 is 33.6 Å². The van der Waals surface area contributed by atoms with Gasteiger partial charge in [-0.1, -0.05) is 12.8 Å². The Morgan fingerprint density at radius 3 is 2.06 bits per heavy atom. The van der Waals surface area contributed by atoms with E-state index in [0.29, 0.717) is 6.61 Å². The highest BCUT2D eigenvalue weighted by molar-refractivity contribution is 4.54. The summed E-state index contributed by atoms with van der Waals surface area (Å²) < 4.78 is 1.39. The van der Waals surface area contributed by atoms with Gasteiger partial charge in [-0.15, -0.1) is 0 Å². The molecule has 1 saturated heterocycles. The first kappa shape index (κ1) is 17.6. The molecule has 2 nitrogen and oxygen atoms in total. The summed E-state index contributed by atoms with van der Waals surface area (Å²) in [5.74, 6) is 0. The molecule has 0 aliphatic carbocycles. The fourth-order valence-electron chi connectivity index (χ4n) is 2.97. The SMILES string of the molecule is CC[N+]1(CCCCCCCO)CCCCC1.[I-]. The Labute approximate surface area is 124 Å². The largest absolute Gasteiger partial charge is 1.00 e. The predicted molar refractivity (Wildman–Crippen MR) is 69.4 cm³/mol. The molecule has 104 valence electrons. The number of piperidine rings is 1. The minimum atomic E-state index is 0. The number of hydrogen-bond acceptors (Lipinski definition) is 1. The number of likely N-dealkylation sites (tertiary alicyclic amines) is 1. The molecule has 1 heterocycles. The summed E-state index contributed by atoms with van der Waals surface area (Å²) in [5, 5.41) is 8.70. The van der Waals surface area contributed by atoms with Crippen molar-refractivity contribution in [2.75, 3.05) is 32.8 Å². The van der Waals surface area contributed by atoms with Gasteiger partial charge in [-0.05, 0) is 45.4 Å². The highest BCUT2D eigenvalue weighted by atomic mass is 127. The molecule has 17 heavy (non-hydrogen) atoms. The van der Waals surface area contributed by atoms with Gasteiger partial charge in [-0.25, -0.2) is 0 Å².